The molecule has 1 saturated carbocycles. The molecule has 1 aliphatic carbocycles. The lowest BCUT2D eigenvalue weighted by molar-refractivity contribution is 0.323. The smallest absolute Gasteiger partial charge is 0.112 e. The van der Waals surface area contributed by atoms with E-state index in [0.29, 0.717) is 5.92 Å². The first-order valence-corrected chi connectivity index (χ1v) is 6.76. The van der Waals surface area contributed by atoms with Gasteiger partial charge in [0.05, 0.1) is 17.2 Å². The molecule has 0 bridgehead atoms. The van der Waals surface area contributed by atoms with Crippen LogP contribution in [0.4, 0.5) is 0 Å². The highest BCUT2D eigenvalue weighted by Gasteiger charge is 2.25. The van der Waals surface area contributed by atoms with Gasteiger partial charge in [0.2, 0.25) is 0 Å². The Labute approximate surface area is 107 Å². The topological polar surface area (TPSA) is 56.7 Å². The van der Waals surface area contributed by atoms with E-state index < -0.39 is 0 Å². The van der Waals surface area contributed by atoms with Crippen LogP contribution in [-0.2, 0) is 7.05 Å². The van der Waals surface area contributed by atoms with E-state index in [2.05, 4.69) is 16.6 Å². The molecule has 0 atom stereocenters. The van der Waals surface area contributed by atoms with E-state index >= 15 is 0 Å². The molecule has 4 heteroatoms. The highest BCUT2D eigenvalue weighted by Crippen LogP contribution is 2.35. The predicted molar refractivity (Wildman–Crippen MR) is 72.3 cm³/mol. The quantitative estimate of drug-likeness (QED) is 0.881. The summed E-state index contributed by atoms with van der Waals surface area (Å²) < 4.78 is 2.20. The summed E-state index contributed by atoms with van der Waals surface area (Å²) in [5, 5.41) is 0. The normalized spacial score (nSPS) is 24.6. The van der Waals surface area contributed by atoms with Crippen LogP contribution in [0.3, 0.4) is 0 Å². The third kappa shape index (κ3) is 1.90. The van der Waals surface area contributed by atoms with Crippen molar-refractivity contribution in [3.8, 4) is 0 Å². The Morgan fingerprint density at radius 3 is 2.78 bits per heavy atom. The molecule has 2 aromatic heterocycles. The second kappa shape index (κ2) is 4.69. The Morgan fingerprint density at radius 1 is 1.33 bits per heavy atom. The lowest BCUT2D eigenvalue weighted by atomic mass is 9.81. The SMILES string of the molecule is Cn1c(C2CCC(CN)CC2)nc2ccncc21. The second-order valence-corrected chi connectivity index (χ2v) is 5.35. The van der Waals surface area contributed by atoms with E-state index in [-0.39, 0.29) is 0 Å². The van der Waals surface area contributed by atoms with Crippen LogP contribution in [0.2, 0.25) is 0 Å². The Kier molecular flexibility index (Phi) is 3.04. The molecule has 1 aliphatic rings. The van der Waals surface area contributed by atoms with Crippen LogP contribution in [0.1, 0.15) is 37.4 Å². The number of pyridine rings is 1. The van der Waals surface area contributed by atoms with Crippen molar-refractivity contribution in [3.63, 3.8) is 0 Å². The van der Waals surface area contributed by atoms with Gasteiger partial charge in [0.1, 0.15) is 5.82 Å². The van der Waals surface area contributed by atoms with Gasteiger partial charge in [0.25, 0.3) is 0 Å². The van der Waals surface area contributed by atoms with Crippen molar-refractivity contribution in [1.82, 2.24) is 14.5 Å². The van der Waals surface area contributed by atoms with Crippen molar-refractivity contribution < 1.29 is 0 Å². The fraction of sp³-hybridized carbons (Fsp3) is 0.571. The molecule has 96 valence electrons. The minimum Gasteiger partial charge on any atom is -0.330 e. The minimum absolute atomic E-state index is 0.588. The number of imidazole rings is 1. The zero-order chi connectivity index (χ0) is 12.5. The van der Waals surface area contributed by atoms with Crippen molar-refractivity contribution in [2.45, 2.75) is 31.6 Å². The molecule has 0 radical (unpaired) electrons. The lowest BCUT2D eigenvalue weighted by Crippen LogP contribution is -2.21. The maximum atomic E-state index is 5.75. The van der Waals surface area contributed by atoms with Gasteiger partial charge in [-0.2, -0.15) is 0 Å². The molecule has 3 rings (SSSR count). The summed E-state index contributed by atoms with van der Waals surface area (Å²) in [6, 6.07) is 1.99. The third-order valence-corrected chi connectivity index (χ3v) is 4.26. The van der Waals surface area contributed by atoms with Crippen molar-refractivity contribution >= 4 is 11.0 Å². The van der Waals surface area contributed by atoms with Crippen molar-refractivity contribution in [3.05, 3.63) is 24.3 Å². The molecule has 0 saturated heterocycles. The molecular formula is C14H20N4. The molecule has 0 aromatic carbocycles. The van der Waals surface area contributed by atoms with E-state index in [1.807, 2.05) is 18.5 Å². The van der Waals surface area contributed by atoms with Gasteiger partial charge in [-0.15, -0.1) is 0 Å². The van der Waals surface area contributed by atoms with Gasteiger partial charge < -0.3 is 10.3 Å². The largest absolute Gasteiger partial charge is 0.330 e. The summed E-state index contributed by atoms with van der Waals surface area (Å²) >= 11 is 0. The maximum absolute atomic E-state index is 5.75. The zero-order valence-electron chi connectivity index (χ0n) is 10.8. The highest BCUT2D eigenvalue weighted by atomic mass is 15.1. The van der Waals surface area contributed by atoms with Crippen molar-refractivity contribution in [1.29, 1.82) is 0 Å². The predicted octanol–water partition coefficient (Wildman–Crippen LogP) is 2.20. The van der Waals surface area contributed by atoms with E-state index in [1.165, 1.54) is 31.5 Å². The van der Waals surface area contributed by atoms with Gasteiger partial charge in [-0.25, -0.2) is 4.98 Å². The first-order chi connectivity index (χ1) is 8.79. The lowest BCUT2D eigenvalue weighted by Gasteiger charge is -2.27. The number of nitrogens with two attached hydrogens (primary N) is 1. The second-order valence-electron chi connectivity index (χ2n) is 5.35. The zero-order valence-corrected chi connectivity index (χ0v) is 10.8. The van der Waals surface area contributed by atoms with Crippen LogP contribution in [-0.4, -0.2) is 21.1 Å². The summed E-state index contributed by atoms with van der Waals surface area (Å²) in [6.45, 7) is 0.833. The molecular weight excluding hydrogens is 224 g/mol. The maximum Gasteiger partial charge on any atom is 0.112 e. The summed E-state index contributed by atoms with van der Waals surface area (Å²) in [6.07, 6.45) is 8.62. The molecule has 0 aliphatic heterocycles. The van der Waals surface area contributed by atoms with Gasteiger partial charge in [-0.05, 0) is 44.2 Å². The number of nitrogens with zero attached hydrogens (tertiary/aromatic N) is 3. The number of fused-ring (bicyclic) bond motifs is 1. The molecule has 18 heavy (non-hydrogen) atoms. The minimum atomic E-state index is 0.588. The number of rotatable bonds is 2. The molecule has 0 amide bonds. The fourth-order valence-corrected chi connectivity index (χ4v) is 3.08. The molecule has 2 aromatic rings. The third-order valence-electron chi connectivity index (χ3n) is 4.26. The molecule has 0 spiro atoms. The molecule has 1 fully saturated rings. The summed E-state index contributed by atoms with van der Waals surface area (Å²) in [4.78, 5) is 8.96. The molecule has 0 unspecified atom stereocenters. The van der Waals surface area contributed by atoms with Crippen LogP contribution in [0.25, 0.3) is 11.0 Å². The number of aromatic nitrogens is 3. The van der Waals surface area contributed by atoms with Crippen molar-refractivity contribution in [2.75, 3.05) is 6.54 Å². The Balaban J connectivity index is 1.89. The highest BCUT2D eigenvalue weighted by molar-refractivity contribution is 5.74. The molecule has 2 heterocycles. The average molecular weight is 244 g/mol. The van der Waals surface area contributed by atoms with Crippen LogP contribution < -0.4 is 5.73 Å². The fourth-order valence-electron chi connectivity index (χ4n) is 3.08. The standard InChI is InChI=1S/C14H20N4/c1-18-13-9-16-7-6-12(13)17-14(18)11-4-2-10(8-15)3-5-11/h6-7,9-11H,2-5,8,15H2,1H3. The van der Waals surface area contributed by atoms with Gasteiger partial charge in [0.15, 0.2) is 0 Å². The van der Waals surface area contributed by atoms with Crippen LogP contribution in [0, 0.1) is 5.92 Å². The van der Waals surface area contributed by atoms with Gasteiger partial charge in [-0.3, -0.25) is 4.98 Å². The average Bonchev–Trinajstić information content (AvgIpc) is 2.77. The van der Waals surface area contributed by atoms with Crippen molar-refractivity contribution in [2.24, 2.45) is 18.7 Å². The summed E-state index contributed by atoms with van der Waals surface area (Å²) in [5.41, 5.74) is 7.94. The molecule has 2 N–H and O–H groups in total. The van der Waals surface area contributed by atoms with E-state index in [0.717, 1.165) is 23.5 Å². The van der Waals surface area contributed by atoms with E-state index in [9.17, 15) is 0 Å². The van der Waals surface area contributed by atoms with E-state index in [1.54, 1.807) is 0 Å². The monoisotopic (exact) mass is 244 g/mol. The van der Waals surface area contributed by atoms with Gasteiger partial charge in [0, 0.05) is 19.2 Å². The van der Waals surface area contributed by atoms with Crippen LogP contribution in [0.15, 0.2) is 18.5 Å². The Bertz CT molecular complexity index is 538. The van der Waals surface area contributed by atoms with Crippen LogP contribution >= 0.6 is 0 Å². The first kappa shape index (κ1) is 11.7. The Hall–Kier alpha value is -1.42. The number of hydrogen-bond acceptors (Lipinski definition) is 3. The van der Waals surface area contributed by atoms with Gasteiger partial charge in [-0.1, -0.05) is 0 Å². The Morgan fingerprint density at radius 2 is 2.11 bits per heavy atom. The summed E-state index contributed by atoms with van der Waals surface area (Å²) in [5.74, 6) is 2.52. The summed E-state index contributed by atoms with van der Waals surface area (Å²) in [7, 11) is 2.10. The number of aryl methyl sites for hydroxylation is 1. The molecule has 4 nitrogen and oxygen atoms in total. The first-order valence-electron chi connectivity index (χ1n) is 6.76. The van der Waals surface area contributed by atoms with Gasteiger partial charge >= 0.3 is 0 Å². The van der Waals surface area contributed by atoms with E-state index in [4.69, 9.17) is 10.7 Å². The number of hydrogen-bond donors (Lipinski definition) is 1. The van der Waals surface area contributed by atoms with Crippen LogP contribution in [0.5, 0.6) is 0 Å².